The molecule has 0 radical (unpaired) electrons. The first-order valence-corrected chi connectivity index (χ1v) is 24.6. The molecular weight excluding hydrogens is 647 g/mol. The number of rotatable bonds is 8. The Labute approximate surface area is 265 Å². The zero-order valence-corrected chi connectivity index (χ0v) is 33.5. The van der Waals surface area contributed by atoms with E-state index < -0.39 is 37.3 Å². The molecule has 12 heteroatoms. The number of aryl methyl sites for hydroxylation is 1. The molecule has 1 fully saturated rings. The van der Waals surface area contributed by atoms with Crippen LogP contribution in [0.15, 0.2) is 21.8 Å². The summed E-state index contributed by atoms with van der Waals surface area (Å²) in [6, 6.07) is 1.92. The van der Waals surface area contributed by atoms with Crippen LogP contribution in [-0.2, 0) is 25.1 Å². The van der Waals surface area contributed by atoms with Gasteiger partial charge >= 0.3 is 0 Å². The predicted molar refractivity (Wildman–Crippen MR) is 184 cm³/mol. The molecule has 1 aliphatic heterocycles. The lowest BCUT2D eigenvalue weighted by Crippen LogP contribution is -2.54. The van der Waals surface area contributed by atoms with Crippen molar-refractivity contribution in [2.24, 2.45) is 7.05 Å². The highest BCUT2D eigenvalue weighted by atomic mass is 79.9. The van der Waals surface area contributed by atoms with Gasteiger partial charge in [-0.15, -0.1) is 0 Å². The molecule has 0 N–H and O–H groups in total. The van der Waals surface area contributed by atoms with Crippen LogP contribution < -0.4 is 5.56 Å². The van der Waals surface area contributed by atoms with Gasteiger partial charge in [-0.05, 0) is 76.4 Å². The number of imidazole rings is 1. The SMILES string of the molecule is Cn1ccc2c(nc(Br)n2C2OC(CO[Si](C)(C)C(C)(C)C)C(O[Si](C)(C)C(C)(C)C)C2O[Si](C)(C)C(C)(C)C)c1=O. The van der Waals surface area contributed by atoms with Gasteiger partial charge in [-0.25, -0.2) is 4.98 Å². The molecule has 42 heavy (non-hydrogen) atoms. The molecule has 2 aromatic rings. The van der Waals surface area contributed by atoms with E-state index in [1.807, 2.05) is 10.6 Å². The van der Waals surface area contributed by atoms with Crippen LogP contribution in [0, 0.1) is 0 Å². The molecule has 0 aromatic carbocycles. The van der Waals surface area contributed by atoms with Gasteiger partial charge in [0, 0.05) is 13.2 Å². The molecule has 0 bridgehead atoms. The molecule has 4 unspecified atom stereocenters. The summed E-state index contributed by atoms with van der Waals surface area (Å²) in [7, 11) is -4.91. The molecule has 0 spiro atoms. The predicted octanol–water partition coefficient (Wildman–Crippen LogP) is 8.20. The fraction of sp³-hybridized carbons (Fsp3) is 0.800. The lowest BCUT2D eigenvalue weighted by atomic mass is 10.1. The second-order valence-corrected chi connectivity index (χ2v) is 31.6. The van der Waals surface area contributed by atoms with E-state index in [9.17, 15) is 4.79 Å². The fourth-order valence-electron chi connectivity index (χ4n) is 4.25. The highest BCUT2D eigenvalue weighted by Crippen LogP contribution is 2.47. The normalized spacial score (nSPS) is 23.3. The van der Waals surface area contributed by atoms with Crippen LogP contribution in [0.4, 0.5) is 0 Å². The lowest BCUT2D eigenvalue weighted by molar-refractivity contribution is -0.0478. The summed E-state index contributed by atoms with van der Waals surface area (Å²) in [5.41, 5.74) is 0.943. The van der Waals surface area contributed by atoms with E-state index in [0.717, 1.165) is 0 Å². The van der Waals surface area contributed by atoms with Crippen LogP contribution >= 0.6 is 15.9 Å². The number of nitrogens with zero attached hydrogens (tertiary/aromatic N) is 3. The Kier molecular flexibility index (Phi) is 9.94. The molecule has 2 aromatic heterocycles. The number of halogens is 1. The second-order valence-electron chi connectivity index (χ2n) is 16.5. The quantitative estimate of drug-likeness (QED) is 0.258. The average molecular weight is 703 g/mol. The molecule has 4 atom stereocenters. The van der Waals surface area contributed by atoms with Gasteiger partial charge in [0.2, 0.25) is 0 Å². The van der Waals surface area contributed by atoms with E-state index in [1.54, 1.807) is 17.8 Å². The summed E-state index contributed by atoms with van der Waals surface area (Å²) in [6.45, 7) is 34.3. The van der Waals surface area contributed by atoms with E-state index >= 15 is 0 Å². The van der Waals surface area contributed by atoms with E-state index in [0.29, 0.717) is 22.4 Å². The summed E-state index contributed by atoms with van der Waals surface area (Å²) < 4.78 is 32.4. The third kappa shape index (κ3) is 6.95. The Hall–Kier alpha value is -0.609. The average Bonchev–Trinajstić information content (AvgIpc) is 3.29. The number of ether oxygens (including phenoxy) is 1. The minimum Gasteiger partial charge on any atom is -0.414 e. The Morgan fingerprint density at radius 1 is 0.857 bits per heavy atom. The van der Waals surface area contributed by atoms with E-state index in [4.69, 9.17) is 18.0 Å². The molecule has 1 saturated heterocycles. The molecular formula is C30H56BrN3O5Si3. The van der Waals surface area contributed by atoms with Gasteiger partial charge in [0.25, 0.3) is 5.56 Å². The van der Waals surface area contributed by atoms with E-state index in [1.165, 1.54) is 0 Å². The Balaban J connectivity index is 2.23. The van der Waals surface area contributed by atoms with Gasteiger partial charge in [0.05, 0.1) is 12.1 Å². The third-order valence-electron chi connectivity index (χ3n) is 10.3. The van der Waals surface area contributed by atoms with Crippen LogP contribution in [-0.4, -0.2) is 64.0 Å². The van der Waals surface area contributed by atoms with Gasteiger partial charge in [0.15, 0.2) is 41.4 Å². The third-order valence-corrected chi connectivity index (χ3v) is 24.3. The van der Waals surface area contributed by atoms with Gasteiger partial charge in [-0.1, -0.05) is 62.3 Å². The van der Waals surface area contributed by atoms with Crippen molar-refractivity contribution >= 4 is 51.9 Å². The number of fused-ring (bicyclic) bond motifs is 1. The van der Waals surface area contributed by atoms with Crippen LogP contribution in [0.5, 0.6) is 0 Å². The monoisotopic (exact) mass is 701 g/mol. The van der Waals surface area contributed by atoms with Crippen molar-refractivity contribution in [2.75, 3.05) is 6.61 Å². The van der Waals surface area contributed by atoms with Crippen LogP contribution in [0.3, 0.4) is 0 Å². The van der Waals surface area contributed by atoms with Crippen LogP contribution in [0.1, 0.15) is 68.5 Å². The maximum Gasteiger partial charge on any atom is 0.278 e. The lowest BCUT2D eigenvalue weighted by Gasteiger charge is -2.44. The highest BCUT2D eigenvalue weighted by Gasteiger charge is 2.55. The first-order valence-electron chi connectivity index (χ1n) is 15.1. The van der Waals surface area contributed by atoms with Gasteiger partial charge in [-0.3, -0.25) is 9.36 Å². The maximum atomic E-state index is 13.1. The number of pyridine rings is 1. The largest absolute Gasteiger partial charge is 0.414 e. The van der Waals surface area contributed by atoms with Crippen LogP contribution in [0.2, 0.25) is 54.4 Å². The molecule has 0 amide bonds. The number of aromatic nitrogens is 3. The Morgan fingerprint density at radius 2 is 1.33 bits per heavy atom. The van der Waals surface area contributed by atoms with Crippen molar-refractivity contribution in [1.29, 1.82) is 0 Å². The smallest absolute Gasteiger partial charge is 0.278 e. The summed E-state index contributed by atoms with van der Waals surface area (Å²) in [5.74, 6) is 0. The first kappa shape index (κ1) is 35.9. The zero-order valence-electron chi connectivity index (χ0n) is 28.9. The minimum absolute atomic E-state index is 0.00799. The topological polar surface area (TPSA) is 76.7 Å². The standard InChI is InChI=1S/C30H56BrN3O5Si3/c1-28(2,3)40(11,12)36-19-21-23(38-41(13,14)29(4,5)6)24(39-42(15,16)30(7,8)9)26(37-21)34-20-17-18-33(10)25(35)22(20)32-27(34)31/h17-18,21,23-24,26H,19H2,1-16H3. The molecule has 3 rings (SSSR count). The van der Waals surface area contributed by atoms with Gasteiger partial charge < -0.3 is 22.6 Å². The molecule has 8 nitrogen and oxygen atoms in total. The molecule has 240 valence electrons. The summed E-state index contributed by atoms with van der Waals surface area (Å²) >= 11 is 3.68. The van der Waals surface area contributed by atoms with Gasteiger partial charge in [0.1, 0.15) is 18.3 Å². The fourth-order valence-corrected chi connectivity index (χ4v) is 8.44. The molecule has 0 saturated carbocycles. The maximum absolute atomic E-state index is 13.1. The minimum atomic E-state index is -2.30. The Morgan fingerprint density at radius 3 is 1.81 bits per heavy atom. The first-order chi connectivity index (χ1) is 18.7. The summed E-state index contributed by atoms with van der Waals surface area (Å²) in [4.78, 5) is 17.7. The highest BCUT2D eigenvalue weighted by molar-refractivity contribution is 9.10. The van der Waals surface area contributed by atoms with Crippen molar-refractivity contribution in [3.05, 3.63) is 27.4 Å². The molecule has 0 aliphatic carbocycles. The van der Waals surface area contributed by atoms with Crippen LogP contribution in [0.25, 0.3) is 11.0 Å². The van der Waals surface area contributed by atoms with E-state index in [-0.39, 0.29) is 32.9 Å². The zero-order chi connectivity index (χ0) is 32.4. The van der Waals surface area contributed by atoms with Crippen molar-refractivity contribution in [2.45, 2.75) is 141 Å². The van der Waals surface area contributed by atoms with E-state index in [2.05, 4.69) is 123 Å². The van der Waals surface area contributed by atoms with Crippen molar-refractivity contribution < 1.29 is 18.0 Å². The molecule has 3 heterocycles. The number of hydrogen-bond acceptors (Lipinski definition) is 6. The number of hydrogen-bond donors (Lipinski definition) is 0. The Bertz CT molecular complexity index is 1340. The summed E-state index contributed by atoms with van der Waals surface area (Å²) in [5, 5.41) is 0.0202. The molecule has 1 aliphatic rings. The van der Waals surface area contributed by atoms with Crippen molar-refractivity contribution in [1.82, 2.24) is 14.1 Å². The van der Waals surface area contributed by atoms with Crippen molar-refractivity contribution in [3.8, 4) is 0 Å². The van der Waals surface area contributed by atoms with Crippen molar-refractivity contribution in [3.63, 3.8) is 0 Å². The second kappa shape index (κ2) is 11.6. The van der Waals surface area contributed by atoms with Gasteiger partial charge in [-0.2, -0.15) is 0 Å². The summed E-state index contributed by atoms with van der Waals surface area (Å²) in [6.07, 6.45) is 0.0732.